The summed E-state index contributed by atoms with van der Waals surface area (Å²) in [6.07, 6.45) is 3.78. The SMILES string of the molecule is c1cnc2c(c1)ccc1cccc(-c3ccc4sc5ccc(-c6cccc7ccc8cccnc8c67)cc5c4c3)c12. The molecule has 0 aliphatic carbocycles. The van der Waals surface area contributed by atoms with Crippen molar-refractivity contribution in [2.75, 3.05) is 0 Å². The molecule has 41 heavy (non-hydrogen) atoms. The number of aromatic nitrogens is 2. The molecule has 0 amide bonds. The Kier molecular flexibility index (Phi) is 4.80. The first kappa shape index (κ1) is 22.7. The van der Waals surface area contributed by atoms with Crippen LogP contribution in [0.15, 0.2) is 134 Å². The molecule has 190 valence electrons. The maximum atomic E-state index is 4.79. The summed E-state index contributed by atoms with van der Waals surface area (Å²) in [4.78, 5) is 9.57. The van der Waals surface area contributed by atoms with E-state index >= 15 is 0 Å². The Morgan fingerprint density at radius 3 is 1.39 bits per heavy atom. The van der Waals surface area contributed by atoms with E-state index in [0.29, 0.717) is 0 Å². The molecule has 2 nitrogen and oxygen atoms in total. The van der Waals surface area contributed by atoms with Gasteiger partial charge in [0.1, 0.15) is 0 Å². The highest BCUT2D eigenvalue weighted by Gasteiger charge is 2.14. The van der Waals surface area contributed by atoms with Crippen LogP contribution in [0.5, 0.6) is 0 Å². The average molecular weight is 539 g/mol. The summed E-state index contributed by atoms with van der Waals surface area (Å²) >= 11 is 1.86. The van der Waals surface area contributed by atoms with Crippen molar-refractivity contribution in [3.05, 3.63) is 134 Å². The Hall–Kier alpha value is -5.12. The fraction of sp³-hybridized carbons (Fsp3) is 0. The molecule has 0 aliphatic heterocycles. The molecule has 6 aromatic carbocycles. The van der Waals surface area contributed by atoms with Crippen LogP contribution in [0.25, 0.3) is 85.8 Å². The van der Waals surface area contributed by atoms with Gasteiger partial charge in [0.15, 0.2) is 0 Å². The zero-order chi connectivity index (χ0) is 26.9. The number of benzene rings is 6. The van der Waals surface area contributed by atoms with Gasteiger partial charge in [0.25, 0.3) is 0 Å². The van der Waals surface area contributed by atoms with E-state index in [4.69, 9.17) is 9.97 Å². The molecular weight excluding hydrogens is 516 g/mol. The number of rotatable bonds is 2. The van der Waals surface area contributed by atoms with Crippen LogP contribution < -0.4 is 0 Å². The van der Waals surface area contributed by atoms with E-state index in [2.05, 4.69) is 109 Å². The monoisotopic (exact) mass is 538 g/mol. The molecule has 0 atom stereocenters. The molecule has 0 saturated carbocycles. The van der Waals surface area contributed by atoms with Crippen molar-refractivity contribution in [1.29, 1.82) is 0 Å². The van der Waals surface area contributed by atoms with Gasteiger partial charge in [-0.3, -0.25) is 9.97 Å². The van der Waals surface area contributed by atoms with E-state index < -0.39 is 0 Å². The molecule has 0 fully saturated rings. The van der Waals surface area contributed by atoms with Crippen LogP contribution >= 0.6 is 11.3 Å². The van der Waals surface area contributed by atoms with Gasteiger partial charge in [0, 0.05) is 54.1 Å². The minimum absolute atomic E-state index is 1.05. The van der Waals surface area contributed by atoms with Crippen LogP contribution in [0, 0.1) is 0 Å². The lowest BCUT2D eigenvalue weighted by atomic mass is 9.94. The van der Waals surface area contributed by atoms with E-state index in [1.807, 2.05) is 35.9 Å². The van der Waals surface area contributed by atoms with E-state index in [1.165, 1.54) is 64.0 Å². The third-order valence-electron chi connectivity index (χ3n) is 8.32. The summed E-state index contributed by atoms with van der Waals surface area (Å²) in [7, 11) is 0. The fourth-order valence-corrected chi connectivity index (χ4v) is 7.49. The van der Waals surface area contributed by atoms with Crippen LogP contribution in [0.4, 0.5) is 0 Å². The van der Waals surface area contributed by atoms with Gasteiger partial charge < -0.3 is 0 Å². The molecule has 0 saturated heterocycles. The molecule has 9 rings (SSSR count). The quantitative estimate of drug-likeness (QED) is 0.205. The van der Waals surface area contributed by atoms with Crippen molar-refractivity contribution in [1.82, 2.24) is 9.97 Å². The lowest BCUT2D eigenvalue weighted by Gasteiger charge is -2.11. The Morgan fingerprint density at radius 1 is 0.415 bits per heavy atom. The number of nitrogens with zero attached hydrogens (tertiary/aromatic N) is 2. The second-order valence-electron chi connectivity index (χ2n) is 10.6. The first-order chi connectivity index (χ1) is 20.3. The van der Waals surface area contributed by atoms with Gasteiger partial charge in [-0.15, -0.1) is 11.3 Å². The van der Waals surface area contributed by atoms with E-state index in [0.717, 1.165) is 21.8 Å². The van der Waals surface area contributed by atoms with Crippen molar-refractivity contribution in [3.8, 4) is 22.3 Å². The topological polar surface area (TPSA) is 25.8 Å². The molecule has 9 aromatic rings. The number of hydrogen-bond acceptors (Lipinski definition) is 3. The van der Waals surface area contributed by atoms with Crippen molar-refractivity contribution < 1.29 is 0 Å². The molecule has 3 heteroatoms. The summed E-state index contributed by atoms with van der Waals surface area (Å²) < 4.78 is 2.60. The maximum Gasteiger partial charge on any atom is 0.0786 e. The number of hydrogen-bond donors (Lipinski definition) is 0. The molecule has 0 spiro atoms. The molecule has 0 aliphatic rings. The normalized spacial score (nSPS) is 11.9. The minimum atomic E-state index is 1.05. The molecule has 3 heterocycles. The van der Waals surface area contributed by atoms with E-state index in [-0.39, 0.29) is 0 Å². The van der Waals surface area contributed by atoms with Crippen molar-refractivity contribution in [3.63, 3.8) is 0 Å². The smallest absolute Gasteiger partial charge is 0.0786 e. The third kappa shape index (κ3) is 3.43. The lowest BCUT2D eigenvalue weighted by molar-refractivity contribution is 1.43. The molecular formula is C38H22N2S. The highest BCUT2D eigenvalue weighted by molar-refractivity contribution is 7.25. The number of fused-ring (bicyclic) bond motifs is 9. The average Bonchev–Trinajstić information content (AvgIpc) is 3.41. The number of pyridine rings is 2. The van der Waals surface area contributed by atoms with Gasteiger partial charge in [-0.1, -0.05) is 84.9 Å². The van der Waals surface area contributed by atoms with Crippen LogP contribution in [-0.4, -0.2) is 9.97 Å². The summed E-state index contributed by atoms with van der Waals surface area (Å²) in [6, 6.07) is 44.0. The van der Waals surface area contributed by atoms with Gasteiger partial charge in [0.2, 0.25) is 0 Å². The largest absolute Gasteiger partial charge is 0.256 e. The zero-order valence-electron chi connectivity index (χ0n) is 22.0. The second kappa shape index (κ2) is 8.69. The Labute approximate surface area is 240 Å². The van der Waals surface area contributed by atoms with Crippen LogP contribution in [0.3, 0.4) is 0 Å². The number of thiophene rings is 1. The fourth-order valence-electron chi connectivity index (χ4n) is 6.42. The van der Waals surface area contributed by atoms with Gasteiger partial charge in [0.05, 0.1) is 11.0 Å². The van der Waals surface area contributed by atoms with Gasteiger partial charge >= 0.3 is 0 Å². The Bertz CT molecular complexity index is 2320. The molecule has 0 radical (unpaired) electrons. The van der Waals surface area contributed by atoms with E-state index in [9.17, 15) is 0 Å². The molecule has 0 unspecified atom stereocenters. The van der Waals surface area contributed by atoms with E-state index in [1.54, 1.807) is 0 Å². The van der Waals surface area contributed by atoms with Crippen molar-refractivity contribution in [2.24, 2.45) is 0 Å². The van der Waals surface area contributed by atoms with Crippen LogP contribution in [0.1, 0.15) is 0 Å². The molecule has 3 aromatic heterocycles. The third-order valence-corrected chi connectivity index (χ3v) is 9.47. The summed E-state index contributed by atoms with van der Waals surface area (Å²) in [6.45, 7) is 0. The zero-order valence-corrected chi connectivity index (χ0v) is 22.8. The summed E-state index contributed by atoms with van der Waals surface area (Å²) in [5.41, 5.74) is 6.97. The van der Waals surface area contributed by atoms with Gasteiger partial charge in [-0.2, -0.15) is 0 Å². The Morgan fingerprint density at radius 2 is 0.878 bits per heavy atom. The first-order valence-corrected chi connectivity index (χ1v) is 14.6. The van der Waals surface area contributed by atoms with Crippen LogP contribution in [-0.2, 0) is 0 Å². The van der Waals surface area contributed by atoms with Crippen LogP contribution in [0.2, 0.25) is 0 Å². The standard InChI is InChI=1S/C38H22N2S/c1-5-23-11-13-25-7-3-19-39-37(25)35(23)29(9-1)27-15-17-33-31(21-27)32-22-28(16-18-34(32)41-33)30-10-2-6-24-12-14-26-8-4-20-40-38(26)36(24)30/h1-22H. The van der Waals surface area contributed by atoms with Gasteiger partial charge in [-0.25, -0.2) is 0 Å². The maximum absolute atomic E-state index is 4.79. The lowest BCUT2D eigenvalue weighted by Crippen LogP contribution is -1.86. The van der Waals surface area contributed by atoms with Crippen molar-refractivity contribution >= 4 is 74.9 Å². The minimum Gasteiger partial charge on any atom is -0.256 e. The predicted molar refractivity (Wildman–Crippen MR) is 176 cm³/mol. The predicted octanol–water partition coefficient (Wildman–Crippen LogP) is 10.8. The first-order valence-electron chi connectivity index (χ1n) is 13.8. The highest BCUT2D eigenvalue weighted by Crippen LogP contribution is 2.42. The highest BCUT2D eigenvalue weighted by atomic mass is 32.1. The second-order valence-corrected chi connectivity index (χ2v) is 11.7. The van der Waals surface area contributed by atoms with Crippen molar-refractivity contribution in [2.45, 2.75) is 0 Å². The molecule has 0 bridgehead atoms. The van der Waals surface area contributed by atoms with Gasteiger partial charge in [-0.05, 0) is 69.4 Å². The summed E-state index contributed by atoms with van der Waals surface area (Å²) in [5.74, 6) is 0. The summed E-state index contributed by atoms with van der Waals surface area (Å²) in [5, 5.41) is 9.75. The molecule has 0 N–H and O–H groups in total. The Balaban J connectivity index is 1.29.